The van der Waals surface area contributed by atoms with Gasteiger partial charge in [0, 0.05) is 24.0 Å². The largest absolute Gasteiger partial charge is 0.513 e. The van der Waals surface area contributed by atoms with Gasteiger partial charge in [-0.3, -0.25) is 0 Å². The fraction of sp³-hybridized carbons (Fsp3) is 0.789. The van der Waals surface area contributed by atoms with E-state index in [0.29, 0.717) is 30.2 Å². The van der Waals surface area contributed by atoms with Crippen LogP contribution in [0.4, 0.5) is 4.39 Å². The molecule has 0 aliphatic heterocycles. The van der Waals surface area contributed by atoms with Crippen molar-refractivity contribution in [2.75, 3.05) is 0 Å². The van der Waals surface area contributed by atoms with Crippen LogP contribution in [0.2, 0.25) is 0 Å². The molecule has 0 aromatic heterocycles. The highest BCUT2D eigenvalue weighted by Gasteiger charge is 2.61. The van der Waals surface area contributed by atoms with E-state index in [9.17, 15) is 14.6 Å². The van der Waals surface area contributed by atoms with Crippen molar-refractivity contribution in [2.24, 2.45) is 40.2 Å². The first-order valence-electron chi connectivity index (χ1n) is 8.99. The summed E-state index contributed by atoms with van der Waals surface area (Å²) >= 11 is 0. The zero-order valence-electron chi connectivity index (χ0n) is 14.1. The summed E-state index contributed by atoms with van der Waals surface area (Å²) in [6.07, 6.45) is 6.19. The zero-order chi connectivity index (χ0) is 16.6. The van der Waals surface area contributed by atoms with Gasteiger partial charge in [-0.25, -0.2) is 4.39 Å². The maximum Gasteiger partial charge on any atom is 0.119 e. The lowest BCUT2D eigenvalue weighted by Gasteiger charge is -2.60. The average Bonchev–Trinajstić information content (AvgIpc) is 2.73. The Hall–Kier alpha value is -1.03. The van der Waals surface area contributed by atoms with Gasteiger partial charge in [0.2, 0.25) is 0 Å². The van der Waals surface area contributed by atoms with E-state index in [-0.39, 0.29) is 34.4 Å². The van der Waals surface area contributed by atoms with Crippen LogP contribution in [0.25, 0.3) is 0 Å². The van der Waals surface area contributed by atoms with E-state index in [1.807, 2.05) is 6.08 Å². The Morgan fingerprint density at radius 3 is 2.74 bits per heavy atom. The zero-order valence-corrected chi connectivity index (χ0v) is 14.1. The fourth-order valence-electron chi connectivity index (χ4n) is 6.46. The number of hydrogen-bond acceptors (Lipinski definition) is 3. The summed E-state index contributed by atoms with van der Waals surface area (Å²) in [7, 11) is 0. The third-order valence-corrected chi connectivity index (χ3v) is 7.98. The van der Waals surface area contributed by atoms with Crippen molar-refractivity contribution in [3.05, 3.63) is 23.4 Å². The molecule has 0 spiro atoms. The molecule has 2 saturated carbocycles. The molecule has 4 rings (SSSR count). The second kappa shape index (κ2) is 4.75. The number of fused-ring (bicyclic) bond motifs is 5. The van der Waals surface area contributed by atoms with Crippen LogP contribution in [-0.2, 0) is 0 Å². The number of rotatable bonds is 0. The Bertz CT molecular complexity index is 600. The van der Waals surface area contributed by atoms with Gasteiger partial charge >= 0.3 is 0 Å². The van der Waals surface area contributed by atoms with Crippen LogP contribution in [0.3, 0.4) is 0 Å². The van der Waals surface area contributed by atoms with Crippen LogP contribution in [0.5, 0.6) is 0 Å². The number of aliphatic hydroxyl groups excluding tert-OH is 2. The lowest BCUT2D eigenvalue weighted by atomic mass is 9.45. The van der Waals surface area contributed by atoms with Gasteiger partial charge in [0.05, 0.1) is 11.9 Å². The van der Waals surface area contributed by atoms with Gasteiger partial charge in [-0.15, -0.1) is 0 Å². The van der Waals surface area contributed by atoms with Crippen molar-refractivity contribution >= 4 is 0 Å². The average molecular weight is 321 g/mol. The molecule has 0 saturated heterocycles. The van der Waals surface area contributed by atoms with E-state index in [4.69, 9.17) is 5.73 Å². The van der Waals surface area contributed by atoms with Crippen LogP contribution < -0.4 is 5.73 Å². The monoisotopic (exact) mass is 321 g/mol. The lowest BCUT2D eigenvalue weighted by Crippen LogP contribution is -2.57. The van der Waals surface area contributed by atoms with E-state index in [1.165, 1.54) is 0 Å². The minimum Gasteiger partial charge on any atom is -0.513 e. The second-order valence-electron chi connectivity index (χ2n) is 8.84. The van der Waals surface area contributed by atoms with Gasteiger partial charge in [-0.05, 0) is 60.8 Å². The third kappa shape index (κ3) is 1.90. The van der Waals surface area contributed by atoms with Crippen LogP contribution >= 0.6 is 0 Å². The normalized spacial score (nSPS) is 52.5. The maximum atomic E-state index is 14.3. The molecule has 2 fully saturated rings. The van der Waals surface area contributed by atoms with Crippen LogP contribution in [0.1, 0.15) is 52.4 Å². The predicted molar refractivity (Wildman–Crippen MR) is 86.9 cm³/mol. The Kier molecular flexibility index (Phi) is 3.20. The van der Waals surface area contributed by atoms with Crippen molar-refractivity contribution in [1.29, 1.82) is 0 Å². The molecule has 0 heterocycles. The Labute approximate surface area is 137 Å². The molecule has 0 aromatic carbocycles. The van der Waals surface area contributed by atoms with Crippen molar-refractivity contribution < 1.29 is 14.6 Å². The molecular formula is C19H28FNO2. The standard InChI is InChI=1S/C19H28FNO2/c1-18-5-3-11(22)7-10(18)8-15(23)16-12(18)4-6-19(2)13(16)9-14(20)17(19)21/h7,10,12-13,15-16,22-23H,3-6,8-9,21H2,1-2H3/t10-,12-,13-,15-,16+,18-,19-/m0/s1. The number of halogens is 1. The topological polar surface area (TPSA) is 66.5 Å². The molecular weight excluding hydrogens is 293 g/mol. The van der Waals surface area contributed by atoms with Gasteiger partial charge in [-0.2, -0.15) is 0 Å². The first-order chi connectivity index (χ1) is 10.8. The van der Waals surface area contributed by atoms with Gasteiger partial charge in [0.1, 0.15) is 5.83 Å². The SMILES string of the molecule is C[C@]12CCC(O)=C[C@H]1C[C@H](O)[C@@H]1[C@@H]2CC[C@]2(C)C(N)=C(F)C[C@@H]12. The van der Waals surface area contributed by atoms with Crippen molar-refractivity contribution in [2.45, 2.75) is 58.5 Å². The second-order valence-corrected chi connectivity index (χ2v) is 8.84. The molecule has 4 aliphatic rings. The number of hydrogen-bond donors (Lipinski definition) is 3. The van der Waals surface area contributed by atoms with E-state index in [1.54, 1.807) is 0 Å². The first-order valence-corrected chi connectivity index (χ1v) is 8.99. The molecule has 0 bridgehead atoms. The summed E-state index contributed by atoms with van der Waals surface area (Å²) in [6, 6.07) is 0. The molecule has 0 amide bonds. The van der Waals surface area contributed by atoms with Crippen molar-refractivity contribution in [1.82, 2.24) is 0 Å². The molecule has 128 valence electrons. The lowest BCUT2D eigenvalue weighted by molar-refractivity contribution is -0.139. The smallest absolute Gasteiger partial charge is 0.119 e. The summed E-state index contributed by atoms with van der Waals surface area (Å²) < 4.78 is 14.3. The first kappa shape index (κ1) is 15.5. The molecule has 4 aliphatic carbocycles. The van der Waals surface area contributed by atoms with E-state index >= 15 is 0 Å². The highest BCUT2D eigenvalue weighted by atomic mass is 19.1. The third-order valence-electron chi connectivity index (χ3n) is 7.98. The quantitative estimate of drug-likeness (QED) is 0.636. The van der Waals surface area contributed by atoms with Gasteiger partial charge in [0.15, 0.2) is 0 Å². The summed E-state index contributed by atoms with van der Waals surface area (Å²) in [5.41, 5.74) is 6.34. The van der Waals surface area contributed by atoms with E-state index in [0.717, 1.165) is 25.7 Å². The number of aliphatic hydroxyl groups is 2. The molecule has 0 aromatic rings. The molecule has 7 atom stereocenters. The highest BCUT2D eigenvalue weighted by Crippen LogP contribution is 2.66. The summed E-state index contributed by atoms with van der Waals surface area (Å²) in [5.74, 6) is 1.17. The molecule has 4 N–H and O–H groups in total. The predicted octanol–water partition coefficient (Wildman–Crippen LogP) is 3.80. The van der Waals surface area contributed by atoms with Gasteiger partial charge in [0.25, 0.3) is 0 Å². The summed E-state index contributed by atoms with van der Waals surface area (Å²) in [6.45, 7) is 4.40. The van der Waals surface area contributed by atoms with Crippen molar-refractivity contribution in [3.63, 3.8) is 0 Å². The molecule has 0 radical (unpaired) electrons. The van der Waals surface area contributed by atoms with Crippen LogP contribution in [-0.4, -0.2) is 16.3 Å². The fourth-order valence-corrected chi connectivity index (χ4v) is 6.46. The highest BCUT2D eigenvalue weighted by molar-refractivity contribution is 5.27. The molecule has 4 heteroatoms. The summed E-state index contributed by atoms with van der Waals surface area (Å²) in [4.78, 5) is 0. The Morgan fingerprint density at radius 2 is 2.00 bits per heavy atom. The Balaban J connectivity index is 1.72. The minimum atomic E-state index is -0.427. The van der Waals surface area contributed by atoms with Crippen molar-refractivity contribution in [3.8, 4) is 0 Å². The van der Waals surface area contributed by atoms with Gasteiger partial charge < -0.3 is 15.9 Å². The molecule has 3 nitrogen and oxygen atoms in total. The number of nitrogens with two attached hydrogens (primary N) is 1. The Morgan fingerprint density at radius 1 is 1.26 bits per heavy atom. The number of allylic oxidation sites excluding steroid dienone is 4. The minimum absolute atomic E-state index is 0.102. The molecule has 23 heavy (non-hydrogen) atoms. The van der Waals surface area contributed by atoms with E-state index < -0.39 is 6.10 Å². The maximum absolute atomic E-state index is 14.3. The van der Waals surface area contributed by atoms with E-state index in [2.05, 4.69) is 13.8 Å². The van der Waals surface area contributed by atoms with Crippen LogP contribution in [0.15, 0.2) is 23.4 Å². The summed E-state index contributed by atoms with van der Waals surface area (Å²) in [5, 5.41) is 20.8. The molecule has 0 unspecified atom stereocenters. The van der Waals surface area contributed by atoms with Crippen LogP contribution in [0, 0.1) is 34.5 Å². The van der Waals surface area contributed by atoms with Gasteiger partial charge in [-0.1, -0.05) is 13.8 Å².